The van der Waals surface area contributed by atoms with Crippen LogP contribution in [0.15, 0.2) is 60.8 Å². The Morgan fingerprint density at radius 3 is 1.45 bits per heavy atom. The molecular weight excluding hydrogens is 644 g/mol. The Morgan fingerprint density at radius 1 is 0.529 bits per heavy atom. The molecular formula is C43H74O8. The van der Waals surface area contributed by atoms with Crippen LogP contribution in [0.2, 0.25) is 0 Å². The molecule has 0 aliphatic rings. The van der Waals surface area contributed by atoms with Gasteiger partial charge in [0.1, 0.15) is 19.3 Å². The molecule has 0 unspecified atom stereocenters. The first-order chi connectivity index (χ1) is 24.8. The fourth-order valence-corrected chi connectivity index (χ4v) is 5.43. The smallest absolute Gasteiger partial charge is 0.305 e. The number of carbonyl (C=O) groups excluding carboxylic acids is 2. The summed E-state index contributed by atoms with van der Waals surface area (Å²) >= 11 is 0. The Hall–Kier alpha value is -2.52. The summed E-state index contributed by atoms with van der Waals surface area (Å²) < 4.78 is 10.2. The van der Waals surface area contributed by atoms with E-state index in [-0.39, 0.29) is 32.0 Å². The van der Waals surface area contributed by atoms with Gasteiger partial charge in [0.2, 0.25) is 0 Å². The predicted octanol–water partition coefficient (Wildman–Crippen LogP) is 9.31. The SMILES string of the molecule is CC/C=C\C[C@@H](O)/C=C/C=C/C=C\C=C/[C@H](O)[C@@H](O)CCCC(=O)OC[C@@H](O)COC(=O)CCCCCCCCCCCCCCCCCCC. The van der Waals surface area contributed by atoms with E-state index in [4.69, 9.17) is 9.47 Å². The van der Waals surface area contributed by atoms with Gasteiger partial charge in [0.15, 0.2) is 0 Å². The molecule has 0 saturated carbocycles. The molecule has 4 atom stereocenters. The number of esters is 2. The number of rotatable bonds is 35. The molecule has 0 rings (SSSR count). The molecule has 0 aliphatic heterocycles. The normalized spacial score (nSPS) is 14.7. The van der Waals surface area contributed by atoms with E-state index in [2.05, 4.69) is 6.92 Å². The maximum atomic E-state index is 12.0. The van der Waals surface area contributed by atoms with E-state index in [1.165, 1.54) is 96.0 Å². The van der Waals surface area contributed by atoms with Gasteiger partial charge in [-0.15, -0.1) is 0 Å². The third kappa shape index (κ3) is 35.7. The first-order valence-corrected chi connectivity index (χ1v) is 20.2. The lowest BCUT2D eigenvalue weighted by atomic mass is 10.0. The van der Waals surface area contributed by atoms with Crippen molar-refractivity contribution >= 4 is 11.9 Å². The second-order valence-electron chi connectivity index (χ2n) is 13.6. The van der Waals surface area contributed by atoms with E-state index in [9.17, 15) is 30.0 Å². The molecule has 0 aromatic rings. The van der Waals surface area contributed by atoms with Crippen molar-refractivity contribution in [2.45, 2.75) is 186 Å². The zero-order valence-corrected chi connectivity index (χ0v) is 32.2. The second-order valence-corrected chi connectivity index (χ2v) is 13.6. The molecule has 0 heterocycles. The summed E-state index contributed by atoms with van der Waals surface area (Å²) in [6, 6.07) is 0. The zero-order chi connectivity index (χ0) is 37.6. The molecule has 0 spiro atoms. The minimum Gasteiger partial charge on any atom is -0.463 e. The Kier molecular flexibility index (Phi) is 35.4. The minimum atomic E-state index is -1.09. The molecule has 0 aromatic carbocycles. The van der Waals surface area contributed by atoms with Crippen LogP contribution >= 0.6 is 0 Å². The van der Waals surface area contributed by atoms with Crippen molar-refractivity contribution in [2.75, 3.05) is 13.2 Å². The Balaban J connectivity index is 3.75. The lowest BCUT2D eigenvalue weighted by Gasteiger charge is -2.14. The predicted molar refractivity (Wildman–Crippen MR) is 209 cm³/mol. The molecule has 8 heteroatoms. The maximum Gasteiger partial charge on any atom is 0.305 e. The van der Waals surface area contributed by atoms with E-state index in [1.54, 1.807) is 42.5 Å². The van der Waals surface area contributed by atoms with Crippen LogP contribution in [0.4, 0.5) is 0 Å². The highest BCUT2D eigenvalue weighted by molar-refractivity contribution is 5.69. The average molecular weight is 719 g/mol. The molecule has 0 amide bonds. The third-order valence-corrected chi connectivity index (χ3v) is 8.61. The van der Waals surface area contributed by atoms with Crippen molar-refractivity contribution in [3.8, 4) is 0 Å². The molecule has 0 radical (unpaired) electrons. The third-order valence-electron chi connectivity index (χ3n) is 8.61. The van der Waals surface area contributed by atoms with Crippen molar-refractivity contribution in [2.24, 2.45) is 0 Å². The van der Waals surface area contributed by atoms with Crippen LogP contribution in [-0.4, -0.2) is 70.0 Å². The summed E-state index contributed by atoms with van der Waals surface area (Å²) in [5.74, 6) is -0.885. The van der Waals surface area contributed by atoms with Gasteiger partial charge in [-0.1, -0.05) is 177 Å². The van der Waals surface area contributed by atoms with Gasteiger partial charge in [-0.25, -0.2) is 0 Å². The summed E-state index contributed by atoms with van der Waals surface area (Å²) in [5.41, 5.74) is 0. The number of unbranched alkanes of at least 4 members (excludes halogenated alkanes) is 16. The molecule has 0 fully saturated rings. The van der Waals surface area contributed by atoms with Gasteiger partial charge in [-0.3, -0.25) is 9.59 Å². The molecule has 0 saturated heterocycles. The van der Waals surface area contributed by atoms with E-state index in [0.29, 0.717) is 19.3 Å². The van der Waals surface area contributed by atoms with Crippen LogP contribution in [0.25, 0.3) is 0 Å². The number of allylic oxidation sites excluding steroid dienone is 7. The molecule has 8 nitrogen and oxygen atoms in total. The van der Waals surface area contributed by atoms with Crippen molar-refractivity contribution in [1.29, 1.82) is 0 Å². The summed E-state index contributed by atoms with van der Waals surface area (Å²) in [6.45, 7) is 3.82. The van der Waals surface area contributed by atoms with Crippen molar-refractivity contribution < 1.29 is 39.5 Å². The lowest BCUT2D eigenvalue weighted by molar-refractivity contribution is -0.152. The number of ether oxygens (including phenoxy) is 2. The average Bonchev–Trinajstić information content (AvgIpc) is 3.12. The molecule has 294 valence electrons. The molecule has 0 bridgehead atoms. The van der Waals surface area contributed by atoms with Crippen LogP contribution in [-0.2, 0) is 19.1 Å². The number of hydrogen-bond donors (Lipinski definition) is 4. The van der Waals surface area contributed by atoms with Crippen LogP contribution in [0, 0.1) is 0 Å². The van der Waals surface area contributed by atoms with Gasteiger partial charge < -0.3 is 29.9 Å². The number of carbonyl (C=O) groups is 2. The number of aliphatic hydroxyl groups is 4. The van der Waals surface area contributed by atoms with Crippen molar-refractivity contribution in [3.05, 3.63) is 60.8 Å². The monoisotopic (exact) mass is 719 g/mol. The number of aliphatic hydroxyl groups excluding tert-OH is 4. The summed E-state index contributed by atoms with van der Waals surface area (Å²) in [5, 5.41) is 40.1. The van der Waals surface area contributed by atoms with Gasteiger partial charge in [0.25, 0.3) is 0 Å². The molecule has 0 aliphatic carbocycles. The highest BCUT2D eigenvalue weighted by atomic mass is 16.6. The fraction of sp³-hybridized carbons (Fsp3) is 0.721. The van der Waals surface area contributed by atoms with Crippen molar-refractivity contribution in [3.63, 3.8) is 0 Å². The standard InChI is InChI=1S/C43H74O8/c1-3-5-7-8-9-10-11-12-13-14-15-16-17-18-19-24-28-34-42(48)50-36-39(45)37-51-43(49)35-29-33-41(47)40(46)32-27-23-21-20-22-26-31-38(44)30-25-6-4-2/h6,20-23,25-27,31-32,38-41,44-47H,3-5,7-19,24,28-30,33-37H2,1-2H3/b22-20+,23-21-,25-6-,31-26+,32-27-/t38-,39+,40+,41+/m1/s1. The topological polar surface area (TPSA) is 134 Å². The minimum absolute atomic E-state index is 0.0289. The van der Waals surface area contributed by atoms with Crippen LogP contribution in [0.1, 0.15) is 162 Å². The second kappa shape index (κ2) is 37.2. The Morgan fingerprint density at radius 2 is 0.961 bits per heavy atom. The number of hydrogen-bond acceptors (Lipinski definition) is 8. The van der Waals surface area contributed by atoms with E-state index in [0.717, 1.165) is 25.7 Å². The first kappa shape index (κ1) is 48.5. The highest BCUT2D eigenvalue weighted by Crippen LogP contribution is 2.15. The largest absolute Gasteiger partial charge is 0.463 e. The summed E-state index contributed by atoms with van der Waals surface area (Å²) in [7, 11) is 0. The fourth-order valence-electron chi connectivity index (χ4n) is 5.43. The Labute approximate surface area is 310 Å². The van der Waals surface area contributed by atoms with E-state index >= 15 is 0 Å². The quantitative estimate of drug-likeness (QED) is 0.0221. The van der Waals surface area contributed by atoms with Gasteiger partial charge in [0, 0.05) is 12.8 Å². The highest BCUT2D eigenvalue weighted by Gasteiger charge is 2.15. The maximum absolute atomic E-state index is 12.0. The molecule has 4 N–H and O–H groups in total. The van der Waals surface area contributed by atoms with E-state index in [1.807, 2.05) is 19.1 Å². The molecule has 51 heavy (non-hydrogen) atoms. The molecule has 0 aromatic heterocycles. The lowest BCUT2D eigenvalue weighted by Crippen LogP contribution is -2.26. The van der Waals surface area contributed by atoms with Crippen LogP contribution in [0.3, 0.4) is 0 Å². The van der Waals surface area contributed by atoms with Crippen molar-refractivity contribution in [1.82, 2.24) is 0 Å². The first-order valence-electron chi connectivity index (χ1n) is 20.2. The van der Waals surface area contributed by atoms with Gasteiger partial charge >= 0.3 is 11.9 Å². The van der Waals surface area contributed by atoms with Crippen LogP contribution < -0.4 is 0 Å². The summed E-state index contributed by atoms with van der Waals surface area (Å²) in [4.78, 5) is 24.0. The van der Waals surface area contributed by atoms with Gasteiger partial charge in [0.05, 0.1) is 18.3 Å². The zero-order valence-electron chi connectivity index (χ0n) is 32.2. The Bertz CT molecular complexity index is 954. The summed E-state index contributed by atoms with van der Waals surface area (Å²) in [6.07, 6.45) is 38.0. The van der Waals surface area contributed by atoms with Gasteiger partial charge in [-0.05, 0) is 32.1 Å². The van der Waals surface area contributed by atoms with Gasteiger partial charge in [-0.2, -0.15) is 0 Å². The van der Waals surface area contributed by atoms with E-state index < -0.39 is 30.4 Å². The van der Waals surface area contributed by atoms with Crippen LogP contribution in [0.5, 0.6) is 0 Å².